The maximum Gasteiger partial charge on any atom is 0.225 e. The summed E-state index contributed by atoms with van der Waals surface area (Å²) in [6.45, 7) is 1.18. The molecule has 0 spiro atoms. The highest BCUT2D eigenvalue weighted by Gasteiger charge is 2.46. The number of nitrogens with zero attached hydrogens (tertiary/aromatic N) is 1. The number of ether oxygens (including phenoxy) is 2. The van der Waals surface area contributed by atoms with E-state index in [0.717, 1.165) is 36.3 Å². The molecule has 7 heteroatoms. The van der Waals surface area contributed by atoms with Gasteiger partial charge in [-0.2, -0.15) is 0 Å². The molecule has 2 aromatic carbocycles. The molecule has 2 fully saturated rings. The van der Waals surface area contributed by atoms with E-state index in [4.69, 9.17) is 9.47 Å². The summed E-state index contributed by atoms with van der Waals surface area (Å²) >= 11 is 0. The van der Waals surface area contributed by atoms with Crippen molar-refractivity contribution in [1.82, 2.24) is 4.90 Å². The van der Waals surface area contributed by atoms with Gasteiger partial charge in [0.1, 0.15) is 18.0 Å². The van der Waals surface area contributed by atoms with Crippen molar-refractivity contribution in [3.05, 3.63) is 59.2 Å². The van der Waals surface area contributed by atoms with Crippen LogP contribution in [0.1, 0.15) is 54.7 Å². The van der Waals surface area contributed by atoms with Crippen molar-refractivity contribution in [2.75, 3.05) is 18.5 Å². The first-order valence-corrected chi connectivity index (χ1v) is 12.8. The molecule has 4 aliphatic rings. The van der Waals surface area contributed by atoms with E-state index in [1.54, 1.807) is 0 Å². The first-order chi connectivity index (χ1) is 17.1. The fraction of sp³-hybridized carbons (Fsp3) is 0.500. The first kappa shape index (κ1) is 22.6. The maximum absolute atomic E-state index is 13.2. The van der Waals surface area contributed by atoms with Crippen LogP contribution in [0.4, 0.5) is 5.69 Å². The van der Waals surface area contributed by atoms with Gasteiger partial charge in [0.2, 0.25) is 11.8 Å². The number of carbonyl (C=O) groups excluding carboxylic acids is 2. The lowest BCUT2D eigenvalue weighted by Gasteiger charge is -2.38. The minimum absolute atomic E-state index is 0.0102. The van der Waals surface area contributed by atoms with Crippen molar-refractivity contribution in [2.24, 2.45) is 5.92 Å². The smallest absolute Gasteiger partial charge is 0.225 e. The van der Waals surface area contributed by atoms with Crippen LogP contribution in [-0.4, -0.2) is 53.3 Å². The van der Waals surface area contributed by atoms with Crippen molar-refractivity contribution in [2.45, 2.75) is 69.3 Å². The van der Waals surface area contributed by atoms with Gasteiger partial charge in [-0.1, -0.05) is 24.3 Å². The summed E-state index contributed by atoms with van der Waals surface area (Å²) in [6.07, 6.45) is 3.58. The molecule has 184 valence electrons. The Labute approximate surface area is 205 Å². The van der Waals surface area contributed by atoms with Gasteiger partial charge in [-0.25, -0.2) is 0 Å². The molecular formula is C28H32N2O5. The fourth-order valence-electron chi connectivity index (χ4n) is 5.80. The largest absolute Gasteiger partial charge is 0.487 e. The molecule has 2 amide bonds. The van der Waals surface area contributed by atoms with Gasteiger partial charge in [-0.05, 0) is 60.9 Å². The Morgan fingerprint density at radius 2 is 1.91 bits per heavy atom. The number of benzene rings is 2. The zero-order chi connectivity index (χ0) is 23.9. The summed E-state index contributed by atoms with van der Waals surface area (Å²) in [4.78, 5) is 27.4. The van der Waals surface area contributed by atoms with Crippen molar-refractivity contribution in [3.8, 4) is 5.75 Å². The number of hydrogen-bond donors (Lipinski definition) is 2. The molecule has 3 heterocycles. The molecule has 1 saturated carbocycles. The molecule has 2 N–H and O–H groups in total. The minimum Gasteiger partial charge on any atom is -0.487 e. The van der Waals surface area contributed by atoms with Gasteiger partial charge in [0, 0.05) is 36.7 Å². The third kappa shape index (κ3) is 4.67. The maximum atomic E-state index is 13.2. The van der Waals surface area contributed by atoms with Crippen molar-refractivity contribution in [3.63, 3.8) is 0 Å². The lowest BCUT2D eigenvalue weighted by molar-refractivity contribution is -0.149. The molecule has 2 aromatic rings. The minimum atomic E-state index is -0.492. The van der Waals surface area contributed by atoms with Gasteiger partial charge in [0.15, 0.2) is 0 Å². The molecule has 6 rings (SSSR count). The van der Waals surface area contributed by atoms with E-state index in [-0.39, 0.29) is 43.0 Å². The molecule has 1 aliphatic carbocycles. The lowest BCUT2D eigenvalue weighted by atomic mass is 9.84. The highest BCUT2D eigenvalue weighted by molar-refractivity contribution is 5.91. The van der Waals surface area contributed by atoms with Gasteiger partial charge in [-0.3, -0.25) is 9.59 Å². The topological polar surface area (TPSA) is 88.1 Å². The molecular weight excluding hydrogens is 444 g/mol. The third-order valence-corrected chi connectivity index (χ3v) is 7.84. The summed E-state index contributed by atoms with van der Waals surface area (Å²) in [5, 5.41) is 13.1. The average Bonchev–Trinajstić information content (AvgIpc) is 3.61. The van der Waals surface area contributed by atoms with Crippen LogP contribution < -0.4 is 10.1 Å². The highest BCUT2D eigenvalue weighted by atomic mass is 16.6. The number of aliphatic hydroxyl groups is 1. The monoisotopic (exact) mass is 476 g/mol. The zero-order valence-electron chi connectivity index (χ0n) is 19.8. The van der Waals surface area contributed by atoms with Gasteiger partial charge in [0.25, 0.3) is 0 Å². The third-order valence-electron chi connectivity index (χ3n) is 7.84. The highest BCUT2D eigenvalue weighted by Crippen LogP contribution is 2.47. The van der Waals surface area contributed by atoms with Crippen LogP contribution in [-0.2, 0) is 27.3 Å². The lowest BCUT2D eigenvalue weighted by Crippen LogP contribution is -2.48. The number of fused-ring (bicyclic) bond motifs is 4. The van der Waals surface area contributed by atoms with Crippen LogP contribution in [0, 0.1) is 5.92 Å². The number of hydrogen-bond acceptors (Lipinski definition) is 5. The van der Waals surface area contributed by atoms with Crippen LogP contribution in [0.15, 0.2) is 42.5 Å². The molecule has 0 aromatic heterocycles. The van der Waals surface area contributed by atoms with E-state index in [0.29, 0.717) is 31.8 Å². The van der Waals surface area contributed by atoms with Crippen molar-refractivity contribution in [1.29, 1.82) is 0 Å². The average molecular weight is 477 g/mol. The SMILES string of the molecule is O=C(CC1CC1)Nc1ccc2c(c1)[C@H]1C[C@@H](CC(=O)N3CCc4ccccc4C3)O[C@@H](CO)[C@H]1O2. The molecule has 1 saturated heterocycles. The van der Waals surface area contributed by atoms with Crippen LogP contribution in [0.3, 0.4) is 0 Å². The summed E-state index contributed by atoms with van der Waals surface area (Å²) in [5.74, 6) is 1.44. The fourth-order valence-corrected chi connectivity index (χ4v) is 5.80. The Bertz CT molecular complexity index is 1130. The Kier molecular flexibility index (Phi) is 5.98. The molecule has 0 radical (unpaired) electrons. The van der Waals surface area contributed by atoms with Crippen molar-refractivity contribution < 1.29 is 24.2 Å². The van der Waals surface area contributed by atoms with Crippen LogP contribution in [0.25, 0.3) is 0 Å². The number of rotatable bonds is 6. The van der Waals surface area contributed by atoms with E-state index in [1.165, 1.54) is 11.1 Å². The van der Waals surface area contributed by atoms with Crippen molar-refractivity contribution >= 4 is 17.5 Å². The molecule has 0 bridgehead atoms. The number of amides is 2. The Balaban J connectivity index is 1.14. The van der Waals surface area contributed by atoms with Gasteiger partial charge in [-0.15, -0.1) is 0 Å². The Morgan fingerprint density at radius 1 is 1.09 bits per heavy atom. The van der Waals surface area contributed by atoms with E-state index in [1.807, 2.05) is 35.2 Å². The molecule has 4 atom stereocenters. The number of anilines is 1. The van der Waals surface area contributed by atoms with Gasteiger partial charge < -0.3 is 24.8 Å². The van der Waals surface area contributed by atoms with Crippen LogP contribution in [0.5, 0.6) is 5.75 Å². The Hall–Kier alpha value is -2.90. The molecule has 7 nitrogen and oxygen atoms in total. The predicted molar refractivity (Wildman–Crippen MR) is 130 cm³/mol. The second-order valence-electron chi connectivity index (χ2n) is 10.4. The predicted octanol–water partition coefficient (Wildman–Crippen LogP) is 3.39. The standard InChI is InChI=1S/C28H32N2O5/c31-16-25-28-23(22-12-20(7-8-24(22)35-28)29-26(32)11-17-5-6-17)13-21(34-25)14-27(33)30-10-9-18-3-1-2-4-19(18)15-30/h1-4,7-8,12,17,21,23,25,28,31H,5-6,9-11,13-16H2,(H,29,32)/t21-,23+,25-,28-/m0/s1. The van der Waals surface area contributed by atoms with E-state index in [9.17, 15) is 14.7 Å². The summed E-state index contributed by atoms with van der Waals surface area (Å²) in [5.41, 5.74) is 4.31. The van der Waals surface area contributed by atoms with Crippen LogP contribution in [0.2, 0.25) is 0 Å². The molecule has 3 aliphatic heterocycles. The van der Waals surface area contributed by atoms with E-state index in [2.05, 4.69) is 17.4 Å². The summed E-state index contributed by atoms with van der Waals surface area (Å²) in [7, 11) is 0. The van der Waals surface area contributed by atoms with Crippen LogP contribution >= 0.6 is 0 Å². The number of aliphatic hydroxyl groups excluding tert-OH is 1. The number of nitrogens with one attached hydrogen (secondary N) is 1. The summed E-state index contributed by atoms with van der Waals surface area (Å²) in [6, 6.07) is 14.0. The zero-order valence-corrected chi connectivity index (χ0v) is 19.8. The van der Waals surface area contributed by atoms with Gasteiger partial charge >= 0.3 is 0 Å². The van der Waals surface area contributed by atoms with E-state index >= 15 is 0 Å². The first-order valence-electron chi connectivity index (χ1n) is 12.8. The second kappa shape index (κ2) is 9.28. The Morgan fingerprint density at radius 3 is 2.71 bits per heavy atom. The second-order valence-corrected chi connectivity index (χ2v) is 10.4. The summed E-state index contributed by atoms with van der Waals surface area (Å²) < 4.78 is 12.3. The van der Waals surface area contributed by atoms with E-state index < -0.39 is 6.10 Å². The molecule has 35 heavy (non-hydrogen) atoms. The normalized spacial score (nSPS) is 26.8. The molecule has 0 unspecified atom stereocenters. The quantitative estimate of drug-likeness (QED) is 0.667. The number of carbonyl (C=O) groups is 2. The van der Waals surface area contributed by atoms with Gasteiger partial charge in [0.05, 0.1) is 19.1 Å².